The summed E-state index contributed by atoms with van der Waals surface area (Å²) in [5.74, 6) is -0.159. The first-order valence-corrected chi connectivity index (χ1v) is 16.4. The van der Waals surface area contributed by atoms with Crippen molar-refractivity contribution in [1.29, 1.82) is 0 Å². The first kappa shape index (κ1) is 29.1. The molecule has 7 rings (SSSR count). The van der Waals surface area contributed by atoms with Crippen molar-refractivity contribution in [3.8, 4) is 0 Å². The smallest absolute Gasteiger partial charge is 0.269 e. The summed E-state index contributed by atoms with van der Waals surface area (Å²) in [4.78, 5) is 35.7. The predicted molar refractivity (Wildman–Crippen MR) is 179 cm³/mol. The number of hydrogen-bond donors (Lipinski definition) is 0. The van der Waals surface area contributed by atoms with Crippen molar-refractivity contribution in [2.24, 2.45) is 0 Å². The van der Waals surface area contributed by atoms with Gasteiger partial charge in [0, 0.05) is 42.5 Å². The first-order valence-electron chi connectivity index (χ1n) is 15.1. The van der Waals surface area contributed by atoms with Gasteiger partial charge in [0.2, 0.25) is 10.8 Å². The molecule has 8 heteroatoms. The molecule has 1 spiro atoms. The lowest BCUT2D eigenvalue weighted by Gasteiger charge is -2.41. The first-order chi connectivity index (χ1) is 21.4. The number of hydrogen-bond acceptors (Lipinski definition) is 5. The molecule has 3 heterocycles. The van der Waals surface area contributed by atoms with Gasteiger partial charge in [0.1, 0.15) is 0 Å². The number of carbonyl (C=O) groups is 2. The molecule has 2 saturated heterocycles. The molecule has 44 heavy (non-hydrogen) atoms. The Morgan fingerprint density at radius 3 is 2.09 bits per heavy atom. The molecule has 0 radical (unpaired) electrons. The monoisotopic (exact) mass is 622 g/mol. The third kappa shape index (κ3) is 4.83. The van der Waals surface area contributed by atoms with Gasteiger partial charge in [-0.05, 0) is 48.7 Å². The van der Waals surface area contributed by atoms with E-state index in [1.807, 2.05) is 61.2 Å². The van der Waals surface area contributed by atoms with Gasteiger partial charge in [0.25, 0.3) is 5.91 Å². The zero-order chi connectivity index (χ0) is 30.4. The van der Waals surface area contributed by atoms with Crippen LogP contribution < -0.4 is 9.80 Å². The fourth-order valence-corrected chi connectivity index (χ4v) is 8.55. The Labute approximate surface area is 268 Å². The van der Waals surface area contributed by atoms with Crippen LogP contribution in [0.5, 0.6) is 0 Å². The number of amides is 2. The third-order valence-corrected chi connectivity index (χ3v) is 11.0. The molecule has 2 amide bonds. The molecule has 3 aliphatic heterocycles. The fraction of sp³-hybridized carbons (Fsp3) is 0.278. The molecule has 0 bridgehead atoms. The van der Waals surface area contributed by atoms with E-state index >= 15 is 0 Å². The minimum absolute atomic E-state index is 0.0769. The van der Waals surface area contributed by atoms with Gasteiger partial charge < -0.3 is 0 Å². The maximum absolute atomic E-state index is 14.7. The van der Waals surface area contributed by atoms with E-state index in [1.54, 1.807) is 4.90 Å². The molecule has 2 atom stereocenters. The Hall–Kier alpha value is -3.62. The van der Waals surface area contributed by atoms with E-state index in [1.165, 1.54) is 22.9 Å². The molecule has 3 aliphatic rings. The number of thioether (sulfide) groups is 1. The number of nitrogens with zero attached hydrogens (tertiary/aromatic N) is 4. The van der Waals surface area contributed by atoms with Crippen molar-refractivity contribution in [3.05, 3.63) is 130 Å². The molecule has 2 fully saturated rings. The number of benzene rings is 4. The number of anilines is 2. The van der Waals surface area contributed by atoms with E-state index in [4.69, 9.17) is 11.6 Å². The van der Waals surface area contributed by atoms with Crippen molar-refractivity contribution in [2.45, 2.75) is 30.0 Å². The largest absolute Gasteiger partial charge is 0.295 e. The lowest BCUT2D eigenvalue weighted by molar-refractivity contribution is -0.124. The van der Waals surface area contributed by atoms with E-state index in [-0.39, 0.29) is 23.1 Å². The van der Waals surface area contributed by atoms with Gasteiger partial charge >= 0.3 is 0 Å². The van der Waals surface area contributed by atoms with Crippen LogP contribution in [0.15, 0.2) is 103 Å². The van der Waals surface area contributed by atoms with Gasteiger partial charge in [-0.15, -0.1) is 11.8 Å². The Kier molecular flexibility index (Phi) is 7.75. The minimum Gasteiger partial charge on any atom is -0.295 e. The van der Waals surface area contributed by atoms with E-state index in [0.717, 1.165) is 43.0 Å². The number of halogens is 1. The molecule has 4 aromatic rings. The highest BCUT2D eigenvalue weighted by Crippen LogP contribution is 2.58. The number of aryl methyl sites for hydroxylation is 1. The van der Waals surface area contributed by atoms with Crippen LogP contribution in [-0.2, 0) is 14.5 Å². The van der Waals surface area contributed by atoms with Crippen LogP contribution in [-0.4, -0.2) is 59.7 Å². The maximum Gasteiger partial charge on any atom is 0.269 e. The van der Waals surface area contributed by atoms with Crippen molar-refractivity contribution < 1.29 is 9.59 Å². The summed E-state index contributed by atoms with van der Waals surface area (Å²) in [6.07, 6.45) is 0. The van der Waals surface area contributed by atoms with Crippen LogP contribution in [0.1, 0.15) is 35.2 Å². The van der Waals surface area contributed by atoms with Crippen LogP contribution in [0.4, 0.5) is 11.4 Å². The van der Waals surface area contributed by atoms with Crippen LogP contribution >= 0.6 is 23.4 Å². The average molecular weight is 623 g/mol. The maximum atomic E-state index is 14.7. The summed E-state index contributed by atoms with van der Waals surface area (Å²) < 4.78 is 0. The van der Waals surface area contributed by atoms with E-state index in [0.29, 0.717) is 17.4 Å². The van der Waals surface area contributed by atoms with Crippen molar-refractivity contribution >= 4 is 46.6 Å². The lowest BCUT2D eigenvalue weighted by Crippen LogP contribution is -2.54. The standard InChI is InChI=1S/C36H35ClN4O2S/c1-25-17-18-29(23-31(25)37)41-34(42)26(2)44-36(41)30-15-9-10-16-32(30)40(35(36)43)24-38-19-21-39(22-20-38)33(27-11-5-3-6-12-27)28-13-7-4-8-14-28/h3-18,23,26,33H,19-22,24H2,1-2H3/t26-,36-/m0/s1. The zero-order valence-electron chi connectivity index (χ0n) is 24.9. The molecule has 4 aromatic carbocycles. The minimum atomic E-state index is -1.17. The topological polar surface area (TPSA) is 47.1 Å². The van der Waals surface area contributed by atoms with E-state index in [9.17, 15) is 9.59 Å². The summed E-state index contributed by atoms with van der Waals surface area (Å²) in [7, 11) is 0. The highest BCUT2D eigenvalue weighted by Gasteiger charge is 2.63. The van der Waals surface area contributed by atoms with Gasteiger partial charge in [0.15, 0.2) is 0 Å². The zero-order valence-corrected chi connectivity index (χ0v) is 26.5. The summed E-state index contributed by atoms with van der Waals surface area (Å²) >= 11 is 7.95. The van der Waals surface area contributed by atoms with Crippen molar-refractivity contribution in [1.82, 2.24) is 9.80 Å². The van der Waals surface area contributed by atoms with Crippen LogP contribution in [0.2, 0.25) is 5.02 Å². The second kappa shape index (κ2) is 11.7. The third-order valence-electron chi connectivity index (χ3n) is 9.08. The quantitative estimate of drug-likeness (QED) is 0.240. The highest BCUT2D eigenvalue weighted by molar-refractivity contribution is 8.03. The second-order valence-corrected chi connectivity index (χ2v) is 13.7. The SMILES string of the molecule is Cc1ccc(N2C(=O)[C@H](C)S[C@@]23C(=O)N(CN2CCN(C(c4ccccc4)c4ccccc4)CC2)c2ccccc23)cc1Cl. The van der Waals surface area contributed by atoms with Gasteiger partial charge in [-0.25, -0.2) is 0 Å². The Morgan fingerprint density at radius 1 is 0.841 bits per heavy atom. The summed E-state index contributed by atoms with van der Waals surface area (Å²) in [5.41, 5.74) is 5.86. The summed E-state index contributed by atoms with van der Waals surface area (Å²) in [6, 6.07) is 35.1. The second-order valence-electron chi connectivity index (χ2n) is 11.8. The molecule has 0 aromatic heterocycles. The molecular formula is C36H35ClN4O2S. The van der Waals surface area contributed by atoms with Crippen molar-refractivity contribution in [2.75, 3.05) is 42.6 Å². The molecule has 6 nitrogen and oxygen atoms in total. The molecule has 224 valence electrons. The van der Waals surface area contributed by atoms with Crippen LogP contribution in [0, 0.1) is 6.92 Å². The normalized spacial score (nSPS) is 22.4. The van der Waals surface area contributed by atoms with Crippen LogP contribution in [0.3, 0.4) is 0 Å². The number of para-hydroxylation sites is 1. The molecule has 0 saturated carbocycles. The highest BCUT2D eigenvalue weighted by atomic mass is 35.5. The number of rotatable bonds is 6. The lowest BCUT2D eigenvalue weighted by atomic mass is 9.96. The van der Waals surface area contributed by atoms with Crippen LogP contribution in [0.25, 0.3) is 0 Å². The summed E-state index contributed by atoms with van der Waals surface area (Å²) in [6.45, 7) is 7.70. The average Bonchev–Trinajstić information content (AvgIpc) is 3.45. The van der Waals surface area contributed by atoms with E-state index < -0.39 is 4.87 Å². The van der Waals surface area contributed by atoms with Crippen molar-refractivity contribution in [3.63, 3.8) is 0 Å². The number of fused-ring (bicyclic) bond motifs is 2. The van der Waals surface area contributed by atoms with Gasteiger partial charge in [0.05, 0.1) is 23.6 Å². The van der Waals surface area contributed by atoms with E-state index in [2.05, 4.69) is 70.5 Å². The van der Waals surface area contributed by atoms with Gasteiger partial charge in [-0.3, -0.25) is 29.2 Å². The predicted octanol–water partition coefficient (Wildman–Crippen LogP) is 6.68. The Morgan fingerprint density at radius 2 is 1.45 bits per heavy atom. The fourth-order valence-electron chi connectivity index (χ4n) is 6.85. The molecular weight excluding hydrogens is 588 g/mol. The number of carbonyl (C=O) groups excluding carboxylic acids is 2. The molecule has 0 N–H and O–H groups in total. The summed E-state index contributed by atoms with van der Waals surface area (Å²) in [5, 5.41) is 0.205. The Bertz CT molecular complexity index is 1660. The van der Waals surface area contributed by atoms with Gasteiger partial charge in [-0.1, -0.05) is 96.5 Å². The van der Waals surface area contributed by atoms with Gasteiger partial charge in [-0.2, -0.15) is 0 Å². The molecule has 0 unspecified atom stereocenters. The number of piperazine rings is 1. The molecule has 0 aliphatic carbocycles. The Balaban J connectivity index is 1.16.